The second-order valence-electron chi connectivity index (χ2n) is 6.78. The molecular weight excluding hydrogens is 428 g/mol. The zero-order valence-corrected chi connectivity index (χ0v) is 17.8. The van der Waals surface area contributed by atoms with Crippen molar-refractivity contribution in [2.45, 2.75) is 25.3 Å². The molecule has 0 aliphatic carbocycles. The standard InChI is InChI=1S/C20H20N2O6S2/c1-28-19(27)13-6-4-12(5-7-13)11-15-17(24)22(20(29)30-15)10-8-16(23)21-9-2-3-14(21)18(25)26/h4-7,11,14H,2-3,8-10H2,1H3,(H,25,26)/b15-11-/t14-/m0/s1. The molecule has 10 heteroatoms. The van der Waals surface area contributed by atoms with Crippen molar-refractivity contribution in [3.05, 3.63) is 40.3 Å². The highest BCUT2D eigenvalue weighted by atomic mass is 32.2. The van der Waals surface area contributed by atoms with E-state index in [9.17, 15) is 24.3 Å². The molecule has 2 aliphatic rings. The summed E-state index contributed by atoms with van der Waals surface area (Å²) in [6.07, 6.45) is 2.78. The number of methoxy groups -OCH3 is 1. The van der Waals surface area contributed by atoms with Crippen molar-refractivity contribution < 1.29 is 29.0 Å². The van der Waals surface area contributed by atoms with Crippen LogP contribution in [-0.2, 0) is 19.1 Å². The molecular formula is C20H20N2O6S2. The van der Waals surface area contributed by atoms with Crippen LogP contribution < -0.4 is 0 Å². The summed E-state index contributed by atoms with van der Waals surface area (Å²) in [7, 11) is 1.30. The minimum absolute atomic E-state index is 0.0112. The Kier molecular flexibility index (Phi) is 6.88. The second kappa shape index (κ2) is 9.40. The van der Waals surface area contributed by atoms with Crippen molar-refractivity contribution >= 4 is 58.1 Å². The molecule has 0 radical (unpaired) electrons. The average Bonchev–Trinajstić information content (AvgIpc) is 3.32. The Morgan fingerprint density at radius 2 is 2.00 bits per heavy atom. The van der Waals surface area contributed by atoms with Crippen molar-refractivity contribution in [1.29, 1.82) is 0 Å². The van der Waals surface area contributed by atoms with Crippen molar-refractivity contribution in [1.82, 2.24) is 9.80 Å². The third-order valence-corrected chi connectivity index (χ3v) is 6.29. The lowest BCUT2D eigenvalue weighted by Crippen LogP contribution is -2.42. The zero-order chi connectivity index (χ0) is 21.8. The molecule has 0 bridgehead atoms. The number of hydrogen-bond donors (Lipinski definition) is 1. The van der Waals surface area contributed by atoms with E-state index in [0.717, 1.165) is 17.3 Å². The first-order valence-corrected chi connectivity index (χ1v) is 10.5. The highest BCUT2D eigenvalue weighted by Gasteiger charge is 2.36. The summed E-state index contributed by atoms with van der Waals surface area (Å²) in [6, 6.07) is 5.80. The Morgan fingerprint density at radius 1 is 1.30 bits per heavy atom. The maximum absolute atomic E-state index is 12.7. The normalized spacial score (nSPS) is 20.2. The fourth-order valence-corrected chi connectivity index (χ4v) is 4.66. The molecule has 1 aromatic carbocycles. The van der Waals surface area contributed by atoms with E-state index in [1.165, 1.54) is 16.9 Å². The summed E-state index contributed by atoms with van der Waals surface area (Å²) >= 11 is 6.42. The predicted octanol–water partition coefficient (Wildman–Crippen LogP) is 2.14. The molecule has 0 aromatic heterocycles. The minimum Gasteiger partial charge on any atom is -0.480 e. The molecule has 1 atom stereocenters. The van der Waals surface area contributed by atoms with E-state index in [1.807, 2.05) is 0 Å². The van der Waals surface area contributed by atoms with Gasteiger partial charge in [-0.05, 0) is 36.6 Å². The summed E-state index contributed by atoms with van der Waals surface area (Å²) in [5.41, 5.74) is 1.13. The van der Waals surface area contributed by atoms with Crippen LogP contribution in [0.4, 0.5) is 0 Å². The Hall–Kier alpha value is -2.72. The van der Waals surface area contributed by atoms with Gasteiger partial charge in [-0.1, -0.05) is 36.1 Å². The zero-order valence-electron chi connectivity index (χ0n) is 16.2. The molecule has 0 unspecified atom stereocenters. The molecule has 2 fully saturated rings. The summed E-state index contributed by atoms with van der Waals surface area (Å²) in [6.45, 7) is 0.515. The van der Waals surface area contributed by atoms with E-state index in [2.05, 4.69) is 4.74 Å². The Morgan fingerprint density at radius 3 is 2.63 bits per heavy atom. The molecule has 2 saturated heterocycles. The van der Waals surface area contributed by atoms with Gasteiger partial charge in [0, 0.05) is 19.5 Å². The van der Waals surface area contributed by atoms with Gasteiger partial charge in [0.25, 0.3) is 5.91 Å². The van der Waals surface area contributed by atoms with E-state index in [4.69, 9.17) is 12.2 Å². The molecule has 2 amide bonds. The van der Waals surface area contributed by atoms with Crippen LogP contribution in [-0.4, -0.2) is 69.2 Å². The molecule has 0 spiro atoms. The largest absolute Gasteiger partial charge is 0.480 e. The van der Waals surface area contributed by atoms with Crippen LogP contribution in [0.2, 0.25) is 0 Å². The van der Waals surface area contributed by atoms with Gasteiger partial charge in [-0.3, -0.25) is 14.5 Å². The number of rotatable bonds is 6. The molecule has 0 saturated carbocycles. The summed E-state index contributed by atoms with van der Waals surface area (Å²) < 4.78 is 5.01. The van der Waals surface area contributed by atoms with Crippen LogP contribution in [0.15, 0.2) is 29.2 Å². The number of aliphatic carboxylic acids is 1. The molecule has 2 heterocycles. The number of amides is 2. The van der Waals surface area contributed by atoms with E-state index in [0.29, 0.717) is 34.2 Å². The topological polar surface area (TPSA) is 104 Å². The van der Waals surface area contributed by atoms with Gasteiger partial charge in [-0.15, -0.1) is 0 Å². The van der Waals surface area contributed by atoms with Gasteiger partial charge >= 0.3 is 11.9 Å². The monoisotopic (exact) mass is 448 g/mol. The number of esters is 1. The summed E-state index contributed by atoms with van der Waals surface area (Å²) in [5, 5.41) is 9.22. The number of hydrogen-bond acceptors (Lipinski definition) is 7. The first kappa shape index (κ1) is 22.0. The van der Waals surface area contributed by atoms with Crippen LogP contribution in [0.3, 0.4) is 0 Å². The summed E-state index contributed by atoms with van der Waals surface area (Å²) in [4.78, 5) is 51.0. The number of thioether (sulfide) groups is 1. The molecule has 1 N–H and O–H groups in total. The van der Waals surface area contributed by atoms with Crippen molar-refractivity contribution in [3.63, 3.8) is 0 Å². The molecule has 3 rings (SSSR count). The van der Waals surface area contributed by atoms with E-state index in [1.54, 1.807) is 30.3 Å². The average molecular weight is 449 g/mol. The molecule has 2 aliphatic heterocycles. The highest BCUT2D eigenvalue weighted by Crippen LogP contribution is 2.33. The van der Waals surface area contributed by atoms with Crippen LogP contribution in [0, 0.1) is 0 Å². The van der Waals surface area contributed by atoms with Crippen LogP contribution in [0.25, 0.3) is 6.08 Å². The Balaban J connectivity index is 1.63. The lowest BCUT2D eigenvalue weighted by Gasteiger charge is -2.22. The number of carbonyl (C=O) groups excluding carboxylic acids is 3. The van der Waals surface area contributed by atoms with Gasteiger partial charge in [0.2, 0.25) is 5.91 Å². The molecule has 1 aromatic rings. The number of thiocarbonyl (C=S) groups is 1. The van der Waals surface area contributed by atoms with Crippen molar-refractivity contribution in [2.24, 2.45) is 0 Å². The SMILES string of the molecule is COC(=O)c1ccc(/C=C2\SC(=S)N(CCC(=O)N3CCC[C@H]3C(=O)O)C2=O)cc1. The fraction of sp³-hybridized carbons (Fsp3) is 0.350. The van der Waals surface area contributed by atoms with Crippen LogP contribution >= 0.6 is 24.0 Å². The number of nitrogens with zero attached hydrogens (tertiary/aromatic N) is 2. The molecule has 8 nitrogen and oxygen atoms in total. The predicted molar refractivity (Wildman–Crippen MR) is 115 cm³/mol. The van der Waals surface area contributed by atoms with Gasteiger partial charge in [0.05, 0.1) is 17.6 Å². The Bertz CT molecular complexity index is 928. The van der Waals surface area contributed by atoms with Crippen molar-refractivity contribution in [3.8, 4) is 0 Å². The van der Waals surface area contributed by atoms with Crippen molar-refractivity contribution in [2.75, 3.05) is 20.2 Å². The maximum atomic E-state index is 12.7. The van der Waals surface area contributed by atoms with E-state index in [-0.39, 0.29) is 24.8 Å². The number of carboxylic acid groups (broad SMARTS) is 1. The quantitative estimate of drug-likeness (QED) is 0.401. The number of ether oxygens (including phenoxy) is 1. The minimum atomic E-state index is -1.01. The van der Waals surface area contributed by atoms with Crippen LogP contribution in [0.5, 0.6) is 0 Å². The van der Waals surface area contributed by atoms with Gasteiger partial charge in [-0.25, -0.2) is 9.59 Å². The van der Waals surface area contributed by atoms with Gasteiger partial charge in [0.15, 0.2) is 0 Å². The van der Waals surface area contributed by atoms with E-state index >= 15 is 0 Å². The van der Waals surface area contributed by atoms with Gasteiger partial charge < -0.3 is 14.7 Å². The number of likely N-dealkylation sites (tertiary alicyclic amines) is 1. The molecule has 158 valence electrons. The number of carboxylic acids is 1. The van der Waals surface area contributed by atoms with Gasteiger partial charge in [-0.2, -0.15) is 0 Å². The number of carbonyl (C=O) groups is 4. The fourth-order valence-electron chi connectivity index (χ4n) is 3.35. The first-order valence-electron chi connectivity index (χ1n) is 9.28. The summed E-state index contributed by atoms with van der Waals surface area (Å²) in [5.74, 6) is -2.05. The lowest BCUT2D eigenvalue weighted by molar-refractivity contribution is -0.148. The molecule has 30 heavy (non-hydrogen) atoms. The third-order valence-electron chi connectivity index (χ3n) is 4.91. The Labute approximate surface area is 182 Å². The second-order valence-corrected chi connectivity index (χ2v) is 8.46. The van der Waals surface area contributed by atoms with Crippen LogP contribution in [0.1, 0.15) is 35.2 Å². The highest BCUT2D eigenvalue weighted by molar-refractivity contribution is 8.26. The lowest BCUT2D eigenvalue weighted by atomic mass is 10.1. The van der Waals surface area contributed by atoms with E-state index < -0.39 is 18.0 Å². The first-order chi connectivity index (χ1) is 14.3. The third kappa shape index (κ3) is 4.71. The maximum Gasteiger partial charge on any atom is 0.337 e. The number of benzene rings is 1. The van der Waals surface area contributed by atoms with Gasteiger partial charge in [0.1, 0.15) is 10.4 Å². The smallest absolute Gasteiger partial charge is 0.337 e.